The molecule has 24 heavy (non-hydrogen) atoms. The Kier molecular flexibility index (Phi) is 4.76. The molecule has 0 bridgehead atoms. The van der Waals surface area contributed by atoms with E-state index in [1.54, 1.807) is 42.1 Å². The van der Waals surface area contributed by atoms with Crippen molar-refractivity contribution in [3.05, 3.63) is 47.5 Å². The summed E-state index contributed by atoms with van der Waals surface area (Å²) >= 11 is 7.55. The molecule has 3 rings (SSSR count). The zero-order chi connectivity index (χ0) is 17.3. The van der Waals surface area contributed by atoms with Gasteiger partial charge < -0.3 is 5.32 Å². The van der Waals surface area contributed by atoms with E-state index in [1.807, 2.05) is 6.92 Å². The molecule has 8 heteroatoms. The molecule has 2 N–H and O–H groups in total. The van der Waals surface area contributed by atoms with Gasteiger partial charge >= 0.3 is 0 Å². The summed E-state index contributed by atoms with van der Waals surface area (Å²) in [5, 5.41) is 3.21. The van der Waals surface area contributed by atoms with E-state index >= 15 is 0 Å². The van der Waals surface area contributed by atoms with Crippen molar-refractivity contribution in [2.75, 3.05) is 10.0 Å². The number of carbonyl (C=O) groups excluding carboxylic acids is 1. The summed E-state index contributed by atoms with van der Waals surface area (Å²) in [7, 11) is -3.81. The van der Waals surface area contributed by atoms with E-state index in [0.717, 1.165) is 4.90 Å². The van der Waals surface area contributed by atoms with Crippen LogP contribution in [-0.2, 0) is 14.8 Å². The third kappa shape index (κ3) is 3.68. The molecule has 0 saturated carbocycles. The third-order valence-electron chi connectivity index (χ3n) is 3.45. The number of fused-ring (bicyclic) bond motifs is 1. The first-order valence-electron chi connectivity index (χ1n) is 7.23. The van der Waals surface area contributed by atoms with E-state index < -0.39 is 10.0 Å². The molecule has 0 aliphatic carbocycles. The minimum Gasteiger partial charge on any atom is -0.325 e. The Morgan fingerprint density at radius 2 is 2.00 bits per heavy atom. The molecule has 1 aliphatic rings. The second kappa shape index (κ2) is 6.66. The summed E-state index contributed by atoms with van der Waals surface area (Å²) < 4.78 is 27.6. The van der Waals surface area contributed by atoms with Crippen LogP contribution >= 0.6 is 23.4 Å². The molecule has 2 aromatic carbocycles. The smallest absolute Gasteiger partial charge is 0.262 e. The molecular formula is C16H15ClN2O3S2. The van der Waals surface area contributed by atoms with Gasteiger partial charge in [-0.05, 0) is 30.3 Å². The first-order chi connectivity index (χ1) is 11.3. The van der Waals surface area contributed by atoms with Gasteiger partial charge in [-0.15, -0.1) is 11.8 Å². The predicted molar refractivity (Wildman–Crippen MR) is 97.3 cm³/mol. The van der Waals surface area contributed by atoms with Crippen LogP contribution in [0.4, 0.5) is 11.4 Å². The molecule has 0 unspecified atom stereocenters. The van der Waals surface area contributed by atoms with E-state index in [9.17, 15) is 13.2 Å². The van der Waals surface area contributed by atoms with Gasteiger partial charge in [0.1, 0.15) is 0 Å². The highest BCUT2D eigenvalue weighted by molar-refractivity contribution is 8.00. The van der Waals surface area contributed by atoms with Crippen molar-refractivity contribution in [1.82, 2.24) is 0 Å². The summed E-state index contributed by atoms with van der Waals surface area (Å²) in [5.41, 5.74) is 0.817. The third-order valence-corrected chi connectivity index (χ3v) is 6.33. The van der Waals surface area contributed by atoms with Crippen molar-refractivity contribution in [2.24, 2.45) is 0 Å². The van der Waals surface area contributed by atoms with Crippen molar-refractivity contribution in [3.8, 4) is 0 Å². The van der Waals surface area contributed by atoms with Gasteiger partial charge in [-0.3, -0.25) is 9.52 Å². The van der Waals surface area contributed by atoms with Gasteiger partial charge in [-0.25, -0.2) is 8.42 Å². The number of rotatable bonds is 3. The Hall–Kier alpha value is -1.70. The zero-order valence-electron chi connectivity index (χ0n) is 12.7. The van der Waals surface area contributed by atoms with Crippen molar-refractivity contribution in [2.45, 2.75) is 28.4 Å². The summed E-state index contributed by atoms with van der Waals surface area (Å²) in [4.78, 5) is 12.8. The fourth-order valence-electron chi connectivity index (χ4n) is 2.35. The highest BCUT2D eigenvalue weighted by atomic mass is 35.5. The van der Waals surface area contributed by atoms with Crippen LogP contribution in [-0.4, -0.2) is 19.6 Å². The number of carbonyl (C=O) groups is 1. The van der Waals surface area contributed by atoms with E-state index in [1.165, 1.54) is 12.1 Å². The van der Waals surface area contributed by atoms with Crippen molar-refractivity contribution >= 4 is 50.7 Å². The number of para-hydroxylation sites is 1. The molecule has 0 spiro atoms. The summed E-state index contributed by atoms with van der Waals surface area (Å²) in [6, 6.07) is 11.3. The number of sulfonamides is 1. The summed E-state index contributed by atoms with van der Waals surface area (Å²) in [6.45, 7) is 1.96. The van der Waals surface area contributed by atoms with E-state index in [4.69, 9.17) is 11.6 Å². The number of thioether (sulfide) groups is 1. The maximum Gasteiger partial charge on any atom is 0.262 e. The normalized spacial score (nSPS) is 17.6. The Morgan fingerprint density at radius 3 is 2.75 bits per heavy atom. The SMILES string of the molecule is C[C@@H]1CC(=O)Nc2cc(S(=O)(=O)Nc3ccccc3Cl)ccc2S1. The first kappa shape index (κ1) is 17.1. The van der Waals surface area contributed by atoms with Crippen LogP contribution in [0.25, 0.3) is 0 Å². The van der Waals surface area contributed by atoms with Gasteiger partial charge in [-0.2, -0.15) is 0 Å². The molecule has 0 aromatic heterocycles. The Labute approximate surface area is 149 Å². The maximum absolute atomic E-state index is 12.6. The molecule has 0 radical (unpaired) electrons. The standard InChI is InChI=1S/C16H15ClN2O3S2/c1-10-8-16(20)18-14-9-11(6-7-15(14)23-10)24(21,22)19-13-5-3-2-4-12(13)17/h2-7,9-10,19H,8H2,1H3,(H,18,20)/t10-/m1/s1. The summed E-state index contributed by atoms with van der Waals surface area (Å²) in [6.07, 6.45) is 0.388. The lowest BCUT2D eigenvalue weighted by molar-refractivity contribution is -0.116. The number of amides is 1. The van der Waals surface area contributed by atoms with Gasteiger partial charge in [0.2, 0.25) is 5.91 Å². The van der Waals surface area contributed by atoms with Crippen molar-refractivity contribution < 1.29 is 13.2 Å². The average molecular weight is 383 g/mol. The van der Waals surface area contributed by atoms with Crippen LogP contribution in [0.2, 0.25) is 5.02 Å². The Balaban J connectivity index is 1.95. The number of hydrogen-bond donors (Lipinski definition) is 2. The number of nitrogens with one attached hydrogen (secondary N) is 2. The lowest BCUT2D eigenvalue weighted by Crippen LogP contribution is -2.15. The van der Waals surface area contributed by atoms with Gasteiger partial charge in [-0.1, -0.05) is 30.7 Å². The average Bonchev–Trinajstić information content (AvgIpc) is 2.65. The zero-order valence-corrected chi connectivity index (χ0v) is 15.1. The minimum absolute atomic E-state index is 0.0663. The Bertz CT molecular complexity index is 900. The molecule has 0 saturated heterocycles. The van der Waals surface area contributed by atoms with Crippen LogP contribution in [0.1, 0.15) is 13.3 Å². The minimum atomic E-state index is -3.81. The second-order valence-electron chi connectivity index (χ2n) is 5.42. The molecular weight excluding hydrogens is 368 g/mol. The van der Waals surface area contributed by atoms with Crippen LogP contribution in [0.5, 0.6) is 0 Å². The number of benzene rings is 2. The molecule has 1 amide bonds. The second-order valence-corrected chi connectivity index (χ2v) is 8.99. The monoisotopic (exact) mass is 382 g/mol. The van der Waals surface area contributed by atoms with Crippen molar-refractivity contribution in [1.29, 1.82) is 0 Å². The van der Waals surface area contributed by atoms with Gasteiger partial charge in [0, 0.05) is 16.6 Å². The van der Waals surface area contributed by atoms with E-state index in [2.05, 4.69) is 10.0 Å². The maximum atomic E-state index is 12.6. The van der Waals surface area contributed by atoms with Crippen LogP contribution in [0, 0.1) is 0 Å². The topological polar surface area (TPSA) is 75.3 Å². The molecule has 126 valence electrons. The van der Waals surface area contributed by atoms with Gasteiger partial charge in [0.15, 0.2) is 0 Å². The molecule has 1 heterocycles. The first-order valence-corrected chi connectivity index (χ1v) is 9.97. The van der Waals surface area contributed by atoms with Crippen LogP contribution < -0.4 is 10.0 Å². The number of halogens is 1. The Morgan fingerprint density at radius 1 is 1.25 bits per heavy atom. The lowest BCUT2D eigenvalue weighted by atomic mass is 10.3. The fourth-order valence-corrected chi connectivity index (χ4v) is 4.74. The van der Waals surface area contributed by atoms with Gasteiger partial charge in [0.05, 0.1) is 21.3 Å². The highest BCUT2D eigenvalue weighted by Crippen LogP contribution is 2.36. The molecule has 1 aliphatic heterocycles. The van der Waals surface area contributed by atoms with Crippen molar-refractivity contribution in [3.63, 3.8) is 0 Å². The van der Waals surface area contributed by atoms with Crippen LogP contribution in [0.3, 0.4) is 0 Å². The van der Waals surface area contributed by atoms with E-state index in [-0.39, 0.29) is 16.1 Å². The highest BCUT2D eigenvalue weighted by Gasteiger charge is 2.22. The quantitative estimate of drug-likeness (QED) is 0.842. The van der Waals surface area contributed by atoms with E-state index in [0.29, 0.717) is 22.8 Å². The molecule has 1 atom stereocenters. The number of hydrogen-bond acceptors (Lipinski definition) is 4. The summed E-state index contributed by atoms with van der Waals surface area (Å²) in [5.74, 6) is -0.123. The van der Waals surface area contributed by atoms with Gasteiger partial charge in [0.25, 0.3) is 10.0 Å². The fraction of sp³-hybridized carbons (Fsp3) is 0.188. The lowest BCUT2D eigenvalue weighted by Gasteiger charge is -2.12. The molecule has 0 fully saturated rings. The molecule has 2 aromatic rings. The predicted octanol–water partition coefficient (Wildman–Crippen LogP) is 3.96. The largest absolute Gasteiger partial charge is 0.325 e. The van der Waals surface area contributed by atoms with Crippen LogP contribution in [0.15, 0.2) is 52.3 Å². The molecule has 5 nitrogen and oxygen atoms in total. The number of anilines is 2.